The van der Waals surface area contributed by atoms with E-state index in [1.165, 1.54) is 18.5 Å². The number of hydrogen-bond donors (Lipinski definition) is 1. The summed E-state index contributed by atoms with van der Waals surface area (Å²) in [5.74, 6) is -0.0946. The Hall–Kier alpha value is -4.54. The van der Waals surface area contributed by atoms with Crippen LogP contribution in [0.1, 0.15) is 15.9 Å². The smallest absolute Gasteiger partial charge is 0.256 e. The van der Waals surface area contributed by atoms with Crippen LogP contribution in [0, 0.1) is 12.7 Å². The number of aromatic nitrogens is 3. The van der Waals surface area contributed by atoms with E-state index in [0.717, 1.165) is 49.1 Å². The van der Waals surface area contributed by atoms with Crippen LogP contribution >= 0.6 is 0 Å². The van der Waals surface area contributed by atoms with E-state index in [1.54, 1.807) is 22.8 Å². The summed E-state index contributed by atoms with van der Waals surface area (Å²) < 4.78 is 28.8. The summed E-state index contributed by atoms with van der Waals surface area (Å²) in [6, 6.07) is 17.4. The Balaban J connectivity index is 1.15. The minimum absolute atomic E-state index is 0.0214. The number of rotatable bonds is 8. The molecule has 210 valence electrons. The van der Waals surface area contributed by atoms with Crippen LogP contribution in [0.3, 0.4) is 0 Å². The first kappa shape index (κ1) is 26.7. The molecule has 0 saturated carbocycles. The van der Waals surface area contributed by atoms with Gasteiger partial charge < -0.3 is 19.7 Å². The summed E-state index contributed by atoms with van der Waals surface area (Å²) in [6.45, 7) is 7.45. The molecule has 1 N–H and O–H groups in total. The summed E-state index contributed by atoms with van der Waals surface area (Å²) in [7, 11) is 2.14. The Labute approximate surface area is 237 Å². The summed E-state index contributed by atoms with van der Waals surface area (Å²) in [6.07, 6.45) is 3.14. The second-order valence-electron chi connectivity index (χ2n) is 10.2. The highest BCUT2D eigenvalue weighted by molar-refractivity contribution is 6.12. The normalized spacial score (nSPS) is 14.4. The van der Waals surface area contributed by atoms with Gasteiger partial charge in [0.05, 0.1) is 6.20 Å². The van der Waals surface area contributed by atoms with Gasteiger partial charge in [-0.1, -0.05) is 36.4 Å². The van der Waals surface area contributed by atoms with Crippen LogP contribution in [-0.4, -0.2) is 76.7 Å². The fourth-order valence-electron chi connectivity index (χ4n) is 5.07. The molecule has 6 rings (SSSR count). The van der Waals surface area contributed by atoms with Gasteiger partial charge in [0.2, 0.25) is 5.88 Å². The van der Waals surface area contributed by atoms with Gasteiger partial charge in [0.25, 0.3) is 5.91 Å². The molecular weight excluding hydrogens is 523 g/mol. The molecule has 0 unspecified atom stereocenters. The molecule has 3 aromatic carbocycles. The van der Waals surface area contributed by atoms with Gasteiger partial charge in [-0.05, 0) is 42.9 Å². The van der Waals surface area contributed by atoms with E-state index < -0.39 is 5.82 Å². The van der Waals surface area contributed by atoms with Crippen molar-refractivity contribution < 1.29 is 18.7 Å². The van der Waals surface area contributed by atoms with E-state index >= 15 is 4.39 Å². The Bertz CT molecular complexity index is 1710. The summed E-state index contributed by atoms with van der Waals surface area (Å²) in [5, 5.41) is 8.84. The van der Waals surface area contributed by atoms with Crippen molar-refractivity contribution >= 4 is 27.9 Å². The second-order valence-corrected chi connectivity index (χ2v) is 10.2. The highest BCUT2D eigenvalue weighted by Crippen LogP contribution is 2.33. The molecule has 1 saturated heterocycles. The molecule has 1 aliphatic rings. The molecule has 9 nitrogen and oxygen atoms in total. The van der Waals surface area contributed by atoms with Crippen molar-refractivity contribution in [1.82, 2.24) is 24.4 Å². The fraction of sp³-hybridized carbons (Fsp3) is 0.258. The molecule has 1 amide bonds. The quantitative estimate of drug-likeness (QED) is 0.289. The standard InChI is InChI=1S/C31H31FN6O3/c1-21-28(40-17-16-37-14-12-36(2)13-15-37)19-38-29(21)31(33-20-34-38)41-27-11-10-23(18-26(27)32)35-30(39)25-9-5-7-22-6-3-4-8-24(22)25/h3-11,18-20H,12-17H2,1-2H3,(H,35,39). The molecule has 1 aliphatic heterocycles. The van der Waals surface area contributed by atoms with Crippen LogP contribution in [0.15, 0.2) is 73.2 Å². The van der Waals surface area contributed by atoms with Crippen LogP contribution in [0.5, 0.6) is 17.4 Å². The van der Waals surface area contributed by atoms with Gasteiger partial charge in [-0.3, -0.25) is 9.69 Å². The number of aryl methyl sites for hydroxylation is 1. The predicted molar refractivity (Wildman–Crippen MR) is 156 cm³/mol. The van der Waals surface area contributed by atoms with Crippen molar-refractivity contribution in [1.29, 1.82) is 0 Å². The molecule has 0 aliphatic carbocycles. The third-order valence-corrected chi connectivity index (χ3v) is 7.44. The fourth-order valence-corrected chi connectivity index (χ4v) is 5.07. The third-order valence-electron chi connectivity index (χ3n) is 7.44. The van der Waals surface area contributed by atoms with E-state index in [2.05, 4.69) is 32.2 Å². The molecule has 0 bridgehead atoms. The van der Waals surface area contributed by atoms with Crippen molar-refractivity contribution in [3.05, 3.63) is 90.1 Å². The summed E-state index contributed by atoms with van der Waals surface area (Å²) >= 11 is 0. The molecule has 0 spiro atoms. The second kappa shape index (κ2) is 11.5. The number of carbonyl (C=O) groups is 1. The number of piperazine rings is 1. The maximum absolute atomic E-state index is 15.2. The zero-order valence-corrected chi connectivity index (χ0v) is 23.0. The van der Waals surface area contributed by atoms with Crippen LogP contribution in [0.4, 0.5) is 10.1 Å². The number of nitrogens with zero attached hydrogens (tertiary/aromatic N) is 5. The number of hydrogen-bond acceptors (Lipinski definition) is 7. The third kappa shape index (κ3) is 5.70. The van der Waals surface area contributed by atoms with Crippen LogP contribution in [0.25, 0.3) is 16.3 Å². The Morgan fingerprint density at radius 3 is 2.66 bits per heavy atom. The lowest BCUT2D eigenvalue weighted by Gasteiger charge is -2.32. The predicted octanol–water partition coefficient (Wildman–Crippen LogP) is 5.00. The Morgan fingerprint density at radius 1 is 1.02 bits per heavy atom. The van der Waals surface area contributed by atoms with Crippen LogP contribution in [-0.2, 0) is 0 Å². The van der Waals surface area contributed by atoms with Crippen molar-refractivity contribution in [2.45, 2.75) is 6.92 Å². The van der Waals surface area contributed by atoms with Gasteiger partial charge in [0.1, 0.15) is 24.2 Å². The van der Waals surface area contributed by atoms with Gasteiger partial charge >= 0.3 is 0 Å². The van der Waals surface area contributed by atoms with Crippen LogP contribution in [0.2, 0.25) is 0 Å². The van der Waals surface area contributed by atoms with Crippen molar-refractivity contribution in [2.75, 3.05) is 51.7 Å². The van der Waals surface area contributed by atoms with E-state index in [4.69, 9.17) is 9.47 Å². The van der Waals surface area contributed by atoms with E-state index in [9.17, 15) is 4.79 Å². The average Bonchev–Trinajstić information content (AvgIpc) is 3.31. The molecule has 5 aromatic rings. The molecule has 3 heterocycles. The van der Waals surface area contributed by atoms with Gasteiger partial charge in [-0.15, -0.1) is 0 Å². The van der Waals surface area contributed by atoms with Crippen molar-refractivity contribution in [3.63, 3.8) is 0 Å². The Morgan fingerprint density at radius 2 is 1.83 bits per heavy atom. The first-order valence-electron chi connectivity index (χ1n) is 13.6. The molecule has 10 heteroatoms. The number of ether oxygens (including phenoxy) is 2. The first-order chi connectivity index (χ1) is 20.0. The summed E-state index contributed by atoms with van der Waals surface area (Å²) in [5.41, 5.74) is 2.22. The van der Waals surface area contributed by atoms with Crippen LogP contribution < -0.4 is 14.8 Å². The lowest BCUT2D eigenvalue weighted by Crippen LogP contribution is -2.45. The molecule has 2 aromatic heterocycles. The maximum atomic E-state index is 15.2. The SMILES string of the molecule is Cc1c(OCCN2CCN(C)CC2)cn2ncnc(Oc3ccc(NC(=O)c4cccc5ccccc45)cc3F)c12. The average molecular weight is 555 g/mol. The Kier molecular flexibility index (Phi) is 7.49. The lowest BCUT2D eigenvalue weighted by atomic mass is 10.0. The maximum Gasteiger partial charge on any atom is 0.256 e. The molecule has 41 heavy (non-hydrogen) atoms. The van der Waals surface area contributed by atoms with E-state index in [0.29, 0.717) is 29.1 Å². The van der Waals surface area contributed by atoms with Gasteiger partial charge in [0.15, 0.2) is 11.6 Å². The minimum atomic E-state index is -0.634. The van der Waals surface area contributed by atoms with Gasteiger partial charge in [0, 0.05) is 55.6 Å². The highest BCUT2D eigenvalue weighted by Gasteiger charge is 2.19. The van der Waals surface area contributed by atoms with E-state index in [1.807, 2.05) is 43.3 Å². The number of amides is 1. The number of carbonyl (C=O) groups excluding carboxylic acids is 1. The first-order valence-corrected chi connectivity index (χ1v) is 13.6. The molecule has 0 radical (unpaired) electrons. The minimum Gasteiger partial charge on any atom is -0.490 e. The van der Waals surface area contributed by atoms with Gasteiger partial charge in [-0.2, -0.15) is 10.1 Å². The van der Waals surface area contributed by atoms with Crippen molar-refractivity contribution in [3.8, 4) is 17.4 Å². The lowest BCUT2D eigenvalue weighted by molar-refractivity contribution is 0.102. The zero-order chi connectivity index (χ0) is 28.3. The zero-order valence-electron chi connectivity index (χ0n) is 23.0. The largest absolute Gasteiger partial charge is 0.490 e. The highest BCUT2D eigenvalue weighted by atomic mass is 19.1. The summed E-state index contributed by atoms with van der Waals surface area (Å²) in [4.78, 5) is 21.9. The van der Waals surface area contributed by atoms with Gasteiger partial charge in [-0.25, -0.2) is 8.91 Å². The monoisotopic (exact) mass is 554 g/mol. The number of likely N-dealkylation sites (N-methyl/N-ethyl adjacent to an activating group) is 1. The molecule has 1 fully saturated rings. The number of anilines is 1. The number of fused-ring (bicyclic) bond motifs is 2. The van der Waals surface area contributed by atoms with Crippen molar-refractivity contribution in [2.24, 2.45) is 0 Å². The topological polar surface area (TPSA) is 84.2 Å². The number of halogens is 1. The van der Waals surface area contributed by atoms with E-state index in [-0.39, 0.29) is 17.5 Å². The number of nitrogens with one attached hydrogen (secondary N) is 1. The molecular formula is C31H31FN6O3. The number of benzene rings is 3. The molecule has 0 atom stereocenters.